The first-order valence-corrected chi connectivity index (χ1v) is 9.61. The summed E-state index contributed by atoms with van der Waals surface area (Å²) in [6.45, 7) is 7.59. The molecule has 0 radical (unpaired) electrons. The van der Waals surface area contributed by atoms with Crippen LogP contribution in [0.15, 0.2) is 0 Å². The zero-order chi connectivity index (χ0) is 15.7. The van der Waals surface area contributed by atoms with Gasteiger partial charge in [-0.25, -0.2) is 0 Å². The Labute approximate surface area is 129 Å². The largest absolute Gasteiger partial charge is 0.389 e. The lowest BCUT2D eigenvalue weighted by atomic mass is 9.79. The number of rotatable bonds is 4. The molecule has 1 aliphatic carbocycles. The van der Waals surface area contributed by atoms with Crippen LogP contribution < -0.4 is 4.72 Å². The fraction of sp³-hybridized carbons (Fsp3) is 1.00. The molecular formula is C15H30N2O3S. The predicted molar refractivity (Wildman–Crippen MR) is 84.0 cm³/mol. The fourth-order valence-corrected chi connectivity index (χ4v) is 5.45. The molecule has 2 fully saturated rings. The summed E-state index contributed by atoms with van der Waals surface area (Å²) >= 11 is 0. The van der Waals surface area contributed by atoms with Gasteiger partial charge in [0.2, 0.25) is 0 Å². The van der Waals surface area contributed by atoms with Gasteiger partial charge in [0.05, 0.1) is 5.60 Å². The standard InChI is InChI=1S/C15H30N2O3S/c1-12-5-4-6-15(18,8-12)11-16-21(19,20)17-9-13(2)7-14(3)10-17/h12-14,16,18H,4-11H2,1-3H3. The first kappa shape index (κ1) is 17.2. The van der Waals surface area contributed by atoms with Crippen LogP contribution in [0.5, 0.6) is 0 Å². The summed E-state index contributed by atoms with van der Waals surface area (Å²) in [7, 11) is -3.48. The van der Waals surface area contributed by atoms with Crippen LogP contribution in [0.3, 0.4) is 0 Å². The molecule has 124 valence electrons. The average Bonchev–Trinajstić information content (AvgIpc) is 2.35. The molecule has 0 aromatic rings. The van der Waals surface area contributed by atoms with E-state index in [0.717, 1.165) is 19.3 Å². The Bertz CT molecular complexity index is 444. The lowest BCUT2D eigenvalue weighted by molar-refractivity contribution is -0.00788. The number of aliphatic hydroxyl groups is 1. The molecular weight excluding hydrogens is 288 g/mol. The highest BCUT2D eigenvalue weighted by molar-refractivity contribution is 7.87. The van der Waals surface area contributed by atoms with Gasteiger partial charge in [0.25, 0.3) is 10.2 Å². The second-order valence-corrected chi connectivity index (χ2v) is 9.27. The van der Waals surface area contributed by atoms with E-state index in [1.807, 2.05) is 0 Å². The van der Waals surface area contributed by atoms with Crippen molar-refractivity contribution in [2.24, 2.45) is 17.8 Å². The Morgan fingerprint density at radius 2 is 1.81 bits per heavy atom. The van der Waals surface area contributed by atoms with Gasteiger partial charge in [0, 0.05) is 19.6 Å². The zero-order valence-electron chi connectivity index (χ0n) is 13.5. The molecule has 0 bridgehead atoms. The molecule has 0 aromatic heterocycles. The fourth-order valence-electron chi connectivity index (χ4n) is 3.91. The van der Waals surface area contributed by atoms with E-state index in [1.54, 1.807) is 4.31 Å². The van der Waals surface area contributed by atoms with Gasteiger partial charge in [-0.1, -0.05) is 33.6 Å². The summed E-state index contributed by atoms with van der Waals surface area (Å²) < 4.78 is 29.1. The molecule has 1 heterocycles. The van der Waals surface area contributed by atoms with Gasteiger partial charge in [-0.15, -0.1) is 0 Å². The van der Waals surface area contributed by atoms with E-state index in [9.17, 15) is 13.5 Å². The smallest absolute Gasteiger partial charge is 0.279 e. The molecule has 21 heavy (non-hydrogen) atoms. The normalized spacial score (nSPS) is 39.3. The summed E-state index contributed by atoms with van der Waals surface area (Å²) in [5, 5.41) is 10.6. The molecule has 2 N–H and O–H groups in total. The van der Waals surface area contributed by atoms with Gasteiger partial charge in [-0.3, -0.25) is 0 Å². The van der Waals surface area contributed by atoms with Crippen LogP contribution in [0.2, 0.25) is 0 Å². The molecule has 2 aliphatic rings. The van der Waals surface area contributed by atoms with Crippen molar-refractivity contribution in [1.29, 1.82) is 0 Å². The van der Waals surface area contributed by atoms with E-state index in [0.29, 0.717) is 43.7 Å². The third-order valence-corrected chi connectivity index (χ3v) is 6.31. The topological polar surface area (TPSA) is 69.6 Å². The molecule has 1 aliphatic heterocycles. The molecule has 0 amide bonds. The summed E-state index contributed by atoms with van der Waals surface area (Å²) in [6.07, 6.45) is 4.54. The molecule has 0 aromatic carbocycles. The third kappa shape index (κ3) is 4.65. The van der Waals surface area contributed by atoms with Crippen molar-refractivity contribution in [3.05, 3.63) is 0 Å². The lowest BCUT2D eigenvalue weighted by Gasteiger charge is -2.37. The van der Waals surface area contributed by atoms with E-state index in [4.69, 9.17) is 0 Å². The Hall–Kier alpha value is -0.170. The third-order valence-electron chi connectivity index (χ3n) is 4.83. The second-order valence-electron chi connectivity index (χ2n) is 7.52. The Kier molecular flexibility index (Phi) is 5.34. The van der Waals surface area contributed by atoms with E-state index in [-0.39, 0.29) is 6.54 Å². The van der Waals surface area contributed by atoms with E-state index < -0.39 is 15.8 Å². The van der Waals surface area contributed by atoms with Crippen LogP contribution in [0.1, 0.15) is 52.9 Å². The molecule has 1 saturated heterocycles. The maximum atomic E-state index is 12.4. The number of hydrogen-bond donors (Lipinski definition) is 2. The van der Waals surface area contributed by atoms with Crippen molar-refractivity contribution in [2.75, 3.05) is 19.6 Å². The molecule has 2 rings (SSSR count). The highest BCUT2D eigenvalue weighted by atomic mass is 32.2. The molecule has 5 nitrogen and oxygen atoms in total. The van der Waals surface area contributed by atoms with Gasteiger partial charge < -0.3 is 5.11 Å². The highest BCUT2D eigenvalue weighted by Gasteiger charge is 2.36. The number of hydrogen-bond acceptors (Lipinski definition) is 3. The van der Waals surface area contributed by atoms with E-state index >= 15 is 0 Å². The molecule has 4 unspecified atom stereocenters. The minimum atomic E-state index is -3.48. The molecule has 1 saturated carbocycles. The predicted octanol–water partition coefficient (Wildman–Crippen LogP) is 1.74. The number of nitrogens with one attached hydrogen (secondary N) is 1. The van der Waals surface area contributed by atoms with Gasteiger partial charge in [0.15, 0.2) is 0 Å². The Morgan fingerprint density at radius 1 is 1.19 bits per heavy atom. The van der Waals surface area contributed by atoms with Crippen molar-refractivity contribution in [3.8, 4) is 0 Å². The van der Waals surface area contributed by atoms with Crippen LogP contribution in [0, 0.1) is 17.8 Å². The van der Waals surface area contributed by atoms with Crippen molar-refractivity contribution in [3.63, 3.8) is 0 Å². The van der Waals surface area contributed by atoms with Crippen molar-refractivity contribution in [1.82, 2.24) is 9.03 Å². The first-order valence-electron chi connectivity index (χ1n) is 8.17. The lowest BCUT2D eigenvalue weighted by Crippen LogP contribution is -2.52. The van der Waals surface area contributed by atoms with Crippen molar-refractivity contribution >= 4 is 10.2 Å². The van der Waals surface area contributed by atoms with E-state index in [1.165, 1.54) is 0 Å². The Balaban J connectivity index is 1.94. The Morgan fingerprint density at radius 3 is 2.38 bits per heavy atom. The van der Waals surface area contributed by atoms with Crippen LogP contribution >= 0.6 is 0 Å². The van der Waals surface area contributed by atoms with Gasteiger partial charge in [0.1, 0.15) is 0 Å². The monoisotopic (exact) mass is 318 g/mol. The summed E-state index contributed by atoms with van der Waals surface area (Å²) in [4.78, 5) is 0. The minimum Gasteiger partial charge on any atom is -0.389 e. The highest BCUT2D eigenvalue weighted by Crippen LogP contribution is 2.32. The molecule has 4 atom stereocenters. The summed E-state index contributed by atoms with van der Waals surface area (Å²) in [6, 6.07) is 0. The summed E-state index contributed by atoms with van der Waals surface area (Å²) in [5.74, 6) is 1.24. The SMILES string of the molecule is CC1CC(C)CN(S(=O)(=O)NCC2(O)CCCC(C)C2)C1. The zero-order valence-corrected chi connectivity index (χ0v) is 14.3. The van der Waals surface area contributed by atoms with Crippen molar-refractivity contribution < 1.29 is 13.5 Å². The van der Waals surface area contributed by atoms with Crippen LogP contribution in [-0.4, -0.2) is 43.1 Å². The maximum absolute atomic E-state index is 12.4. The summed E-state index contributed by atoms with van der Waals surface area (Å²) in [5.41, 5.74) is -0.877. The van der Waals surface area contributed by atoms with Gasteiger partial charge in [-0.05, 0) is 37.0 Å². The first-order chi connectivity index (χ1) is 9.70. The van der Waals surface area contributed by atoms with Crippen LogP contribution in [-0.2, 0) is 10.2 Å². The number of nitrogens with zero attached hydrogens (tertiary/aromatic N) is 1. The minimum absolute atomic E-state index is 0.138. The van der Waals surface area contributed by atoms with E-state index in [2.05, 4.69) is 25.5 Å². The van der Waals surface area contributed by atoms with Gasteiger partial charge in [-0.2, -0.15) is 17.4 Å². The molecule has 6 heteroatoms. The van der Waals surface area contributed by atoms with Gasteiger partial charge >= 0.3 is 0 Å². The number of piperidine rings is 1. The van der Waals surface area contributed by atoms with Crippen LogP contribution in [0.25, 0.3) is 0 Å². The van der Waals surface area contributed by atoms with Crippen molar-refractivity contribution in [2.45, 2.75) is 58.5 Å². The maximum Gasteiger partial charge on any atom is 0.279 e. The van der Waals surface area contributed by atoms with Crippen LogP contribution in [0.4, 0.5) is 0 Å². The molecule has 0 spiro atoms. The quantitative estimate of drug-likeness (QED) is 0.829. The average molecular weight is 318 g/mol. The second kappa shape index (κ2) is 6.52.